The highest BCUT2D eigenvalue weighted by atomic mass is 14.0. The Kier molecular flexibility index (Phi) is 6.64. The number of benzene rings is 1. The first-order valence-corrected chi connectivity index (χ1v) is 6.52. The standard InChI is InChI=1S/C16H24/c1-3-4-5-7-10-15(2)13-14-16-11-8-6-9-12-16/h6,8-9,11-13H,3-5,7,10,14H2,1-2H3/b15-13+. The smallest absolute Gasteiger partial charge is 0.00949 e. The van der Waals surface area contributed by atoms with Gasteiger partial charge in [-0.25, -0.2) is 0 Å². The topological polar surface area (TPSA) is 0 Å². The molecule has 0 aromatic heterocycles. The van der Waals surface area contributed by atoms with E-state index in [0.29, 0.717) is 0 Å². The predicted octanol–water partition coefficient (Wildman–Crippen LogP) is 5.15. The zero-order valence-electron chi connectivity index (χ0n) is 10.7. The van der Waals surface area contributed by atoms with E-state index in [1.54, 1.807) is 5.57 Å². The van der Waals surface area contributed by atoms with E-state index < -0.39 is 0 Å². The molecule has 0 nitrogen and oxygen atoms in total. The van der Waals surface area contributed by atoms with Gasteiger partial charge in [0.2, 0.25) is 0 Å². The van der Waals surface area contributed by atoms with Crippen molar-refractivity contribution in [3.63, 3.8) is 0 Å². The Bertz CT molecular complexity index is 295. The number of rotatable bonds is 7. The third kappa shape index (κ3) is 5.75. The molecule has 0 bridgehead atoms. The highest BCUT2D eigenvalue weighted by Crippen LogP contribution is 2.11. The van der Waals surface area contributed by atoms with Crippen LogP contribution in [0, 0.1) is 0 Å². The van der Waals surface area contributed by atoms with Crippen LogP contribution >= 0.6 is 0 Å². The SMILES string of the molecule is CCCCCC/C(C)=C/Cc1ccccc1. The van der Waals surface area contributed by atoms with Crippen LogP contribution in [-0.2, 0) is 6.42 Å². The van der Waals surface area contributed by atoms with E-state index in [4.69, 9.17) is 0 Å². The molecule has 0 saturated heterocycles. The molecule has 0 fully saturated rings. The normalized spacial score (nSPS) is 11.8. The molecule has 0 aliphatic heterocycles. The molecule has 0 aliphatic carbocycles. The summed E-state index contributed by atoms with van der Waals surface area (Å²) >= 11 is 0. The van der Waals surface area contributed by atoms with Gasteiger partial charge in [0.15, 0.2) is 0 Å². The lowest BCUT2D eigenvalue weighted by Gasteiger charge is -2.01. The van der Waals surface area contributed by atoms with E-state index in [0.717, 1.165) is 6.42 Å². The van der Waals surface area contributed by atoms with Crippen LogP contribution in [0.1, 0.15) is 51.5 Å². The summed E-state index contributed by atoms with van der Waals surface area (Å²) in [5.41, 5.74) is 2.95. The first-order valence-electron chi connectivity index (χ1n) is 6.52. The first kappa shape index (κ1) is 13.0. The van der Waals surface area contributed by atoms with E-state index in [1.807, 2.05) is 0 Å². The Labute approximate surface area is 100 Å². The van der Waals surface area contributed by atoms with Gasteiger partial charge in [-0.2, -0.15) is 0 Å². The molecule has 0 unspecified atom stereocenters. The molecule has 1 aromatic rings. The molecule has 16 heavy (non-hydrogen) atoms. The minimum absolute atomic E-state index is 1.08. The van der Waals surface area contributed by atoms with Crippen LogP contribution in [0.15, 0.2) is 42.0 Å². The second-order valence-electron chi connectivity index (χ2n) is 4.55. The minimum Gasteiger partial charge on any atom is -0.0812 e. The molecule has 88 valence electrons. The summed E-state index contributed by atoms with van der Waals surface area (Å²) in [5.74, 6) is 0. The molecule has 0 heterocycles. The summed E-state index contributed by atoms with van der Waals surface area (Å²) in [6, 6.07) is 10.7. The average molecular weight is 216 g/mol. The van der Waals surface area contributed by atoms with Crippen molar-refractivity contribution in [1.82, 2.24) is 0 Å². The molecule has 0 radical (unpaired) electrons. The van der Waals surface area contributed by atoms with E-state index in [9.17, 15) is 0 Å². The Morgan fingerprint density at radius 1 is 1.06 bits per heavy atom. The second kappa shape index (κ2) is 8.15. The lowest BCUT2D eigenvalue weighted by atomic mass is 10.0. The van der Waals surface area contributed by atoms with Crippen LogP contribution in [0.3, 0.4) is 0 Å². The van der Waals surface area contributed by atoms with Gasteiger partial charge in [-0.15, -0.1) is 0 Å². The highest BCUT2D eigenvalue weighted by molar-refractivity contribution is 5.18. The summed E-state index contributed by atoms with van der Waals surface area (Å²) in [6.07, 6.45) is 10.2. The Hall–Kier alpha value is -1.04. The van der Waals surface area contributed by atoms with E-state index in [2.05, 4.69) is 50.3 Å². The van der Waals surface area contributed by atoms with Crippen LogP contribution in [0.25, 0.3) is 0 Å². The summed E-state index contributed by atoms with van der Waals surface area (Å²) in [5, 5.41) is 0. The van der Waals surface area contributed by atoms with Crippen molar-refractivity contribution in [2.24, 2.45) is 0 Å². The fourth-order valence-electron chi connectivity index (χ4n) is 1.84. The molecule has 0 amide bonds. The Balaban J connectivity index is 2.23. The maximum Gasteiger partial charge on any atom is -0.00949 e. The quantitative estimate of drug-likeness (QED) is 0.437. The molecular weight excluding hydrogens is 192 g/mol. The van der Waals surface area contributed by atoms with E-state index >= 15 is 0 Å². The van der Waals surface area contributed by atoms with Gasteiger partial charge in [0.05, 0.1) is 0 Å². The zero-order valence-corrected chi connectivity index (χ0v) is 10.7. The van der Waals surface area contributed by atoms with Gasteiger partial charge >= 0.3 is 0 Å². The fraction of sp³-hybridized carbons (Fsp3) is 0.500. The van der Waals surface area contributed by atoms with Crippen molar-refractivity contribution >= 4 is 0 Å². The number of hydrogen-bond donors (Lipinski definition) is 0. The molecule has 0 atom stereocenters. The van der Waals surface area contributed by atoms with Crippen molar-refractivity contribution in [3.8, 4) is 0 Å². The summed E-state index contributed by atoms with van der Waals surface area (Å²) in [6.45, 7) is 4.52. The number of unbranched alkanes of at least 4 members (excludes halogenated alkanes) is 3. The monoisotopic (exact) mass is 216 g/mol. The van der Waals surface area contributed by atoms with Crippen LogP contribution in [0.4, 0.5) is 0 Å². The zero-order chi connectivity index (χ0) is 11.6. The molecule has 0 spiro atoms. The first-order chi connectivity index (χ1) is 7.83. The molecule has 0 N–H and O–H groups in total. The second-order valence-corrected chi connectivity index (χ2v) is 4.55. The van der Waals surface area contributed by atoms with Crippen LogP contribution in [0.2, 0.25) is 0 Å². The van der Waals surface area contributed by atoms with Gasteiger partial charge in [0, 0.05) is 0 Å². The summed E-state index contributed by atoms with van der Waals surface area (Å²) in [4.78, 5) is 0. The lowest BCUT2D eigenvalue weighted by molar-refractivity contribution is 0.663. The highest BCUT2D eigenvalue weighted by Gasteiger charge is 1.92. The molecule has 1 rings (SSSR count). The molecule has 1 aromatic carbocycles. The predicted molar refractivity (Wildman–Crippen MR) is 72.7 cm³/mol. The maximum atomic E-state index is 2.38. The van der Waals surface area contributed by atoms with Gasteiger partial charge in [-0.1, -0.05) is 68.2 Å². The lowest BCUT2D eigenvalue weighted by Crippen LogP contribution is -1.84. The largest absolute Gasteiger partial charge is 0.0812 e. The van der Waals surface area contributed by atoms with Gasteiger partial charge in [-0.05, 0) is 31.7 Å². The third-order valence-corrected chi connectivity index (χ3v) is 2.95. The van der Waals surface area contributed by atoms with Gasteiger partial charge in [0.25, 0.3) is 0 Å². The summed E-state index contributed by atoms with van der Waals surface area (Å²) in [7, 11) is 0. The van der Waals surface area contributed by atoms with Crippen molar-refractivity contribution in [3.05, 3.63) is 47.5 Å². The van der Waals surface area contributed by atoms with Crippen molar-refractivity contribution in [2.45, 2.75) is 52.4 Å². The molecule has 0 aliphatic rings. The average Bonchev–Trinajstić information content (AvgIpc) is 2.33. The third-order valence-electron chi connectivity index (χ3n) is 2.95. The molecule has 0 saturated carbocycles. The molecular formula is C16H24. The van der Waals surface area contributed by atoms with Crippen LogP contribution in [-0.4, -0.2) is 0 Å². The van der Waals surface area contributed by atoms with Crippen molar-refractivity contribution in [2.75, 3.05) is 0 Å². The Morgan fingerprint density at radius 3 is 2.50 bits per heavy atom. The van der Waals surface area contributed by atoms with Crippen LogP contribution < -0.4 is 0 Å². The van der Waals surface area contributed by atoms with E-state index in [1.165, 1.54) is 37.7 Å². The van der Waals surface area contributed by atoms with Gasteiger partial charge in [0.1, 0.15) is 0 Å². The molecule has 0 heteroatoms. The van der Waals surface area contributed by atoms with Crippen LogP contribution in [0.5, 0.6) is 0 Å². The van der Waals surface area contributed by atoms with Gasteiger partial charge in [-0.3, -0.25) is 0 Å². The number of hydrogen-bond acceptors (Lipinski definition) is 0. The number of allylic oxidation sites excluding steroid dienone is 2. The summed E-state index contributed by atoms with van der Waals surface area (Å²) < 4.78 is 0. The minimum atomic E-state index is 1.08. The van der Waals surface area contributed by atoms with Crippen molar-refractivity contribution in [1.29, 1.82) is 0 Å². The van der Waals surface area contributed by atoms with Crippen molar-refractivity contribution < 1.29 is 0 Å². The fourth-order valence-corrected chi connectivity index (χ4v) is 1.84. The van der Waals surface area contributed by atoms with Gasteiger partial charge < -0.3 is 0 Å². The maximum absolute atomic E-state index is 2.38. The Morgan fingerprint density at radius 2 is 1.81 bits per heavy atom. The van der Waals surface area contributed by atoms with E-state index in [-0.39, 0.29) is 0 Å².